The van der Waals surface area contributed by atoms with Crippen LogP contribution in [0.3, 0.4) is 0 Å². The molecule has 1 aromatic carbocycles. The topological polar surface area (TPSA) is 40.5 Å². The second kappa shape index (κ2) is 5.36. The van der Waals surface area contributed by atoms with Crippen molar-refractivity contribution in [1.82, 2.24) is 0 Å². The third-order valence-corrected chi connectivity index (χ3v) is 5.29. The van der Waals surface area contributed by atoms with Gasteiger partial charge in [0.1, 0.15) is 0 Å². The lowest BCUT2D eigenvalue weighted by molar-refractivity contribution is -0.142. The molecule has 0 radical (unpaired) electrons. The summed E-state index contributed by atoms with van der Waals surface area (Å²) in [6, 6.07) is 6.18. The van der Waals surface area contributed by atoms with Crippen molar-refractivity contribution >= 4 is 11.7 Å². The minimum Gasteiger partial charge on any atom is -0.481 e. The van der Waals surface area contributed by atoms with Crippen LogP contribution in [-0.4, -0.2) is 24.2 Å². The van der Waals surface area contributed by atoms with Crippen LogP contribution < -0.4 is 4.90 Å². The predicted octanol–water partition coefficient (Wildman–Crippen LogP) is 3.60. The Bertz CT molecular complexity index is 544. The number of anilines is 1. The molecule has 21 heavy (non-hydrogen) atoms. The average molecular weight is 287 g/mol. The Kier molecular flexibility index (Phi) is 3.68. The fourth-order valence-corrected chi connectivity index (χ4v) is 3.90. The summed E-state index contributed by atoms with van der Waals surface area (Å²) in [6.07, 6.45) is 6.43. The molecule has 0 saturated heterocycles. The number of rotatable bonds is 4. The third kappa shape index (κ3) is 2.54. The van der Waals surface area contributed by atoms with E-state index in [0.29, 0.717) is 0 Å². The van der Waals surface area contributed by atoms with Crippen molar-refractivity contribution in [3.8, 4) is 0 Å². The monoisotopic (exact) mass is 287 g/mol. The van der Waals surface area contributed by atoms with E-state index in [4.69, 9.17) is 0 Å². The quantitative estimate of drug-likeness (QED) is 0.920. The van der Waals surface area contributed by atoms with Gasteiger partial charge < -0.3 is 10.0 Å². The highest BCUT2D eigenvalue weighted by Crippen LogP contribution is 2.38. The number of carboxylic acid groups (broad SMARTS) is 1. The molecule has 0 bridgehead atoms. The first-order valence-electron chi connectivity index (χ1n) is 8.11. The first kappa shape index (κ1) is 14.4. The van der Waals surface area contributed by atoms with Gasteiger partial charge in [-0.25, -0.2) is 0 Å². The Morgan fingerprint density at radius 3 is 2.71 bits per heavy atom. The predicted molar refractivity (Wildman–Crippen MR) is 85.0 cm³/mol. The van der Waals surface area contributed by atoms with Gasteiger partial charge in [0.25, 0.3) is 0 Å². The molecule has 0 aromatic heterocycles. The molecule has 3 heteroatoms. The van der Waals surface area contributed by atoms with Crippen LogP contribution in [-0.2, 0) is 16.6 Å². The first-order chi connectivity index (χ1) is 10.00. The van der Waals surface area contributed by atoms with Crippen LogP contribution in [0.25, 0.3) is 0 Å². The molecule has 1 aliphatic heterocycles. The summed E-state index contributed by atoms with van der Waals surface area (Å²) in [7, 11) is 0. The molecule has 1 N–H and O–H groups in total. The van der Waals surface area contributed by atoms with E-state index in [1.807, 2.05) is 26.0 Å². The summed E-state index contributed by atoms with van der Waals surface area (Å²) < 4.78 is 0. The van der Waals surface area contributed by atoms with Gasteiger partial charge >= 0.3 is 5.97 Å². The standard InChI is InChI=1S/C18H25NO2/c1-18(2,17(20)21)15-8-5-9-16-14(15)10-11-19(16)12-13-6-3-4-7-13/h5,8-9,13H,3-4,6-7,10-12H2,1-2H3,(H,20,21). The minimum atomic E-state index is -0.811. The van der Waals surface area contributed by atoms with Crippen LogP contribution in [0.2, 0.25) is 0 Å². The number of hydrogen-bond acceptors (Lipinski definition) is 2. The molecule has 0 spiro atoms. The van der Waals surface area contributed by atoms with Crippen molar-refractivity contribution in [1.29, 1.82) is 0 Å². The number of benzene rings is 1. The highest BCUT2D eigenvalue weighted by atomic mass is 16.4. The Balaban J connectivity index is 1.88. The van der Waals surface area contributed by atoms with Crippen molar-refractivity contribution in [2.45, 2.75) is 51.4 Å². The maximum Gasteiger partial charge on any atom is 0.313 e. The van der Waals surface area contributed by atoms with Gasteiger partial charge in [0.2, 0.25) is 0 Å². The Hall–Kier alpha value is -1.51. The molecule has 114 valence electrons. The highest BCUT2D eigenvalue weighted by molar-refractivity contribution is 5.82. The second-order valence-electron chi connectivity index (χ2n) is 7.08. The minimum absolute atomic E-state index is 0.745. The molecule has 3 nitrogen and oxygen atoms in total. The summed E-state index contributed by atoms with van der Waals surface area (Å²) in [6.45, 7) is 5.80. The molecule has 0 atom stereocenters. The van der Waals surface area contributed by atoms with Crippen LogP contribution in [0.4, 0.5) is 5.69 Å². The van der Waals surface area contributed by atoms with Gasteiger partial charge in [0.05, 0.1) is 5.41 Å². The van der Waals surface area contributed by atoms with Crippen molar-refractivity contribution in [3.05, 3.63) is 29.3 Å². The Labute approximate surface area is 127 Å². The lowest BCUT2D eigenvalue weighted by Crippen LogP contribution is -2.29. The molecular formula is C18H25NO2. The van der Waals surface area contributed by atoms with Gasteiger partial charge in [-0.05, 0) is 56.2 Å². The fourth-order valence-electron chi connectivity index (χ4n) is 3.90. The van der Waals surface area contributed by atoms with Gasteiger partial charge in [-0.2, -0.15) is 0 Å². The highest BCUT2D eigenvalue weighted by Gasteiger charge is 2.35. The third-order valence-electron chi connectivity index (χ3n) is 5.29. The molecular weight excluding hydrogens is 262 g/mol. The van der Waals surface area contributed by atoms with Gasteiger partial charge in [0, 0.05) is 18.8 Å². The number of hydrogen-bond donors (Lipinski definition) is 1. The molecule has 1 fully saturated rings. The number of nitrogens with zero attached hydrogens (tertiary/aromatic N) is 1. The van der Waals surface area contributed by atoms with Crippen molar-refractivity contribution < 1.29 is 9.90 Å². The first-order valence-corrected chi connectivity index (χ1v) is 8.11. The zero-order chi connectivity index (χ0) is 15.0. The van der Waals surface area contributed by atoms with Crippen molar-refractivity contribution in [2.75, 3.05) is 18.0 Å². The van der Waals surface area contributed by atoms with E-state index in [-0.39, 0.29) is 0 Å². The van der Waals surface area contributed by atoms with Crippen LogP contribution in [0.1, 0.15) is 50.7 Å². The number of aliphatic carboxylic acids is 1. The Morgan fingerprint density at radius 1 is 1.33 bits per heavy atom. The smallest absolute Gasteiger partial charge is 0.313 e. The van der Waals surface area contributed by atoms with E-state index in [9.17, 15) is 9.90 Å². The molecule has 1 saturated carbocycles. The van der Waals surface area contributed by atoms with E-state index in [2.05, 4.69) is 11.0 Å². The van der Waals surface area contributed by atoms with E-state index in [1.165, 1.54) is 36.9 Å². The van der Waals surface area contributed by atoms with Crippen LogP contribution >= 0.6 is 0 Å². The second-order valence-corrected chi connectivity index (χ2v) is 7.08. The van der Waals surface area contributed by atoms with Gasteiger partial charge in [-0.1, -0.05) is 25.0 Å². The van der Waals surface area contributed by atoms with Crippen LogP contribution in [0, 0.1) is 5.92 Å². The number of carbonyl (C=O) groups is 1. The summed E-state index contributed by atoms with van der Waals surface area (Å²) in [5, 5.41) is 9.51. The fraction of sp³-hybridized carbons (Fsp3) is 0.611. The zero-order valence-electron chi connectivity index (χ0n) is 13.1. The van der Waals surface area contributed by atoms with Gasteiger partial charge in [-0.3, -0.25) is 4.79 Å². The molecule has 0 unspecified atom stereocenters. The van der Waals surface area contributed by atoms with E-state index < -0.39 is 11.4 Å². The van der Waals surface area contributed by atoms with E-state index in [0.717, 1.165) is 31.0 Å². The summed E-state index contributed by atoms with van der Waals surface area (Å²) in [4.78, 5) is 14.0. The van der Waals surface area contributed by atoms with E-state index >= 15 is 0 Å². The zero-order valence-corrected chi connectivity index (χ0v) is 13.1. The molecule has 3 rings (SSSR count). The van der Waals surface area contributed by atoms with Crippen molar-refractivity contribution in [2.24, 2.45) is 5.92 Å². The van der Waals surface area contributed by atoms with Gasteiger partial charge in [-0.15, -0.1) is 0 Å². The molecule has 1 aliphatic carbocycles. The summed E-state index contributed by atoms with van der Waals surface area (Å²) in [5.41, 5.74) is 2.70. The van der Waals surface area contributed by atoms with Crippen molar-refractivity contribution in [3.63, 3.8) is 0 Å². The molecule has 1 aromatic rings. The normalized spacial score (nSPS) is 19.0. The lowest BCUT2D eigenvalue weighted by atomic mass is 9.81. The van der Waals surface area contributed by atoms with Gasteiger partial charge in [0.15, 0.2) is 0 Å². The Morgan fingerprint density at radius 2 is 2.05 bits per heavy atom. The van der Waals surface area contributed by atoms with Crippen LogP contribution in [0.15, 0.2) is 18.2 Å². The van der Waals surface area contributed by atoms with E-state index in [1.54, 1.807) is 0 Å². The molecule has 1 heterocycles. The maximum atomic E-state index is 11.6. The SMILES string of the molecule is CC(C)(C(=O)O)c1cccc2c1CCN2CC1CCCC1. The molecule has 2 aliphatic rings. The summed E-state index contributed by atoms with van der Waals surface area (Å²) in [5.74, 6) is 0.0808. The number of carboxylic acids is 1. The lowest BCUT2D eigenvalue weighted by Gasteiger charge is -2.26. The average Bonchev–Trinajstić information content (AvgIpc) is 3.09. The maximum absolute atomic E-state index is 11.6. The summed E-state index contributed by atoms with van der Waals surface area (Å²) >= 11 is 0. The largest absolute Gasteiger partial charge is 0.481 e. The number of fused-ring (bicyclic) bond motifs is 1. The van der Waals surface area contributed by atoms with Crippen LogP contribution in [0.5, 0.6) is 0 Å². The molecule has 0 amide bonds.